The van der Waals surface area contributed by atoms with Crippen molar-refractivity contribution in [1.29, 1.82) is 0 Å². The van der Waals surface area contributed by atoms with Gasteiger partial charge in [-0.1, -0.05) is 38.8 Å². The number of unbranched alkanes of at least 4 members (excludes halogenated alkanes) is 2. The van der Waals surface area contributed by atoms with Crippen molar-refractivity contribution in [3.05, 3.63) is 35.6 Å². The van der Waals surface area contributed by atoms with Crippen molar-refractivity contribution in [3.8, 4) is 0 Å². The Balaban J connectivity index is 2.29. The van der Waals surface area contributed by atoms with Gasteiger partial charge in [0, 0.05) is 19.0 Å². The maximum absolute atomic E-state index is 12.8. The molecule has 0 aliphatic heterocycles. The van der Waals surface area contributed by atoms with Crippen LogP contribution in [0.4, 0.5) is 4.39 Å². The highest BCUT2D eigenvalue weighted by Gasteiger charge is 2.12. The number of aliphatic carboxylic acids is 1. The van der Waals surface area contributed by atoms with Gasteiger partial charge >= 0.3 is 5.97 Å². The summed E-state index contributed by atoms with van der Waals surface area (Å²) in [5, 5.41) is 12.1. The molecule has 0 aromatic heterocycles. The molecule has 0 heterocycles. The van der Waals surface area contributed by atoms with Crippen molar-refractivity contribution >= 4 is 5.97 Å². The van der Waals surface area contributed by atoms with Gasteiger partial charge in [-0.25, -0.2) is 4.39 Å². The number of halogens is 1. The van der Waals surface area contributed by atoms with Gasteiger partial charge in [0.2, 0.25) is 0 Å². The second-order valence-electron chi connectivity index (χ2n) is 5.85. The molecule has 1 atom stereocenters. The van der Waals surface area contributed by atoms with Crippen LogP contribution in [0.2, 0.25) is 0 Å². The number of carboxylic acid groups (broad SMARTS) is 1. The van der Waals surface area contributed by atoms with Crippen molar-refractivity contribution in [2.75, 3.05) is 0 Å². The van der Waals surface area contributed by atoms with Crippen LogP contribution in [0.3, 0.4) is 0 Å². The van der Waals surface area contributed by atoms with Crippen LogP contribution in [0.25, 0.3) is 0 Å². The van der Waals surface area contributed by atoms with E-state index >= 15 is 0 Å². The minimum atomic E-state index is -0.718. The van der Waals surface area contributed by atoms with Crippen molar-refractivity contribution in [2.24, 2.45) is 5.92 Å². The molecular weight excluding hydrogens is 269 g/mol. The normalized spacial score (nSPS) is 12.6. The highest BCUT2D eigenvalue weighted by Crippen LogP contribution is 2.13. The summed E-state index contributed by atoms with van der Waals surface area (Å²) in [5.41, 5.74) is 1.08. The molecule has 1 aromatic carbocycles. The zero-order valence-corrected chi connectivity index (χ0v) is 12.9. The van der Waals surface area contributed by atoms with Crippen LogP contribution in [0.1, 0.15) is 51.5 Å². The summed E-state index contributed by atoms with van der Waals surface area (Å²) >= 11 is 0. The first-order valence-corrected chi connectivity index (χ1v) is 7.68. The Hall–Kier alpha value is -1.42. The average molecular weight is 295 g/mol. The number of nitrogens with one attached hydrogen (secondary N) is 1. The Kier molecular flexibility index (Phi) is 7.98. The summed E-state index contributed by atoms with van der Waals surface area (Å²) in [5.74, 6) is -0.410. The fraction of sp³-hybridized carbons (Fsp3) is 0.588. The Morgan fingerprint density at radius 2 is 1.86 bits per heavy atom. The average Bonchev–Trinajstić information content (AvgIpc) is 2.43. The molecule has 2 N–H and O–H groups in total. The van der Waals surface area contributed by atoms with Crippen LogP contribution in [-0.2, 0) is 11.3 Å². The SMILES string of the molecule is CC(C)[C@H](CCCCCC(=O)O)NCc1ccc(F)cc1. The predicted octanol–water partition coefficient (Wildman–Crippen LogP) is 3.98. The summed E-state index contributed by atoms with van der Waals surface area (Å²) in [6.45, 7) is 5.09. The van der Waals surface area contributed by atoms with E-state index in [9.17, 15) is 9.18 Å². The first-order valence-electron chi connectivity index (χ1n) is 7.68. The summed E-state index contributed by atoms with van der Waals surface area (Å²) in [7, 11) is 0. The van der Waals surface area contributed by atoms with Gasteiger partial charge < -0.3 is 10.4 Å². The molecule has 0 bridgehead atoms. The van der Waals surface area contributed by atoms with Crippen LogP contribution in [0, 0.1) is 11.7 Å². The number of hydrogen-bond acceptors (Lipinski definition) is 2. The molecule has 0 aliphatic rings. The maximum atomic E-state index is 12.8. The molecule has 1 aromatic rings. The summed E-state index contributed by atoms with van der Waals surface area (Å²) in [6, 6.07) is 6.96. The van der Waals surface area contributed by atoms with Crippen LogP contribution in [0.5, 0.6) is 0 Å². The van der Waals surface area contributed by atoms with E-state index in [-0.39, 0.29) is 12.2 Å². The van der Waals surface area contributed by atoms with Gasteiger partial charge in [-0.15, -0.1) is 0 Å². The van der Waals surface area contributed by atoms with Crippen LogP contribution >= 0.6 is 0 Å². The molecule has 0 spiro atoms. The summed E-state index contributed by atoms with van der Waals surface area (Å²) in [6.07, 6.45) is 4.03. The molecule has 0 saturated heterocycles. The minimum absolute atomic E-state index is 0.211. The molecule has 0 radical (unpaired) electrons. The van der Waals surface area contributed by atoms with E-state index in [0.29, 0.717) is 12.0 Å². The predicted molar refractivity (Wildman–Crippen MR) is 82.6 cm³/mol. The first-order chi connectivity index (χ1) is 9.99. The third kappa shape index (κ3) is 7.81. The van der Waals surface area contributed by atoms with Gasteiger partial charge in [0.1, 0.15) is 5.82 Å². The van der Waals surface area contributed by atoms with Crippen molar-refractivity contribution in [1.82, 2.24) is 5.32 Å². The molecular formula is C17H26FNO2. The topological polar surface area (TPSA) is 49.3 Å². The number of carboxylic acids is 1. The molecule has 0 fully saturated rings. The lowest BCUT2D eigenvalue weighted by Crippen LogP contribution is -2.33. The second-order valence-corrected chi connectivity index (χ2v) is 5.85. The Labute approximate surface area is 126 Å². The lowest BCUT2D eigenvalue weighted by atomic mass is 9.97. The molecule has 0 saturated carbocycles. The molecule has 0 unspecified atom stereocenters. The number of carbonyl (C=O) groups is 1. The van der Waals surface area contributed by atoms with Gasteiger partial charge in [0.05, 0.1) is 0 Å². The van der Waals surface area contributed by atoms with Gasteiger partial charge in [0.15, 0.2) is 0 Å². The van der Waals surface area contributed by atoms with Gasteiger partial charge in [0.25, 0.3) is 0 Å². The monoisotopic (exact) mass is 295 g/mol. The number of hydrogen-bond donors (Lipinski definition) is 2. The maximum Gasteiger partial charge on any atom is 0.303 e. The van der Waals surface area contributed by atoms with E-state index < -0.39 is 5.97 Å². The highest BCUT2D eigenvalue weighted by atomic mass is 19.1. The fourth-order valence-electron chi connectivity index (χ4n) is 2.34. The Morgan fingerprint density at radius 1 is 1.19 bits per heavy atom. The quantitative estimate of drug-likeness (QED) is 0.642. The lowest BCUT2D eigenvalue weighted by Gasteiger charge is -2.22. The number of rotatable bonds is 10. The Bertz CT molecular complexity index is 417. The molecule has 1 rings (SSSR count). The van der Waals surface area contributed by atoms with Crippen LogP contribution in [0.15, 0.2) is 24.3 Å². The van der Waals surface area contributed by atoms with E-state index in [0.717, 1.165) is 37.8 Å². The van der Waals surface area contributed by atoms with E-state index in [1.807, 2.05) is 0 Å². The van der Waals surface area contributed by atoms with Gasteiger partial charge in [-0.2, -0.15) is 0 Å². The molecule has 118 valence electrons. The van der Waals surface area contributed by atoms with Crippen molar-refractivity contribution in [3.63, 3.8) is 0 Å². The second kappa shape index (κ2) is 9.50. The minimum Gasteiger partial charge on any atom is -0.481 e. The fourth-order valence-corrected chi connectivity index (χ4v) is 2.34. The van der Waals surface area contributed by atoms with Crippen molar-refractivity contribution < 1.29 is 14.3 Å². The summed E-state index contributed by atoms with van der Waals surface area (Å²) in [4.78, 5) is 10.4. The standard InChI is InChI=1S/C17H26FNO2/c1-13(2)16(6-4-3-5-7-17(20)21)19-12-14-8-10-15(18)11-9-14/h8-11,13,16,19H,3-7,12H2,1-2H3,(H,20,21)/t16-/m0/s1. The zero-order chi connectivity index (χ0) is 15.7. The Morgan fingerprint density at radius 3 is 2.43 bits per heavy atom. The lowest BCUT2D eigenvalue weighted by molar-refractivity contribution is -0.137. The van der Waals surface area contributed by atoms with Crippen molar-refractivity contribution in [2.45, 2.75) is 58.5 Å². The van der Waals surface area contributed by atoms with Gasteiger partial charge in [-0.3, -0.25) is 4.79 Å². The van der Waals surface area contributed by atoms with E-state index in [2.05, 4.69) is 19.2 Å². The highest BCUT2D eigenvalue weighted by molar-refractivity contribution is 5.66. The first kappa shape index (κ1) is 17.6. The molecule has 4 heteroatoms. The van der Waals surface area contributed by atoms with Crippen LogP contribution in [-0.4, -0.2) is 17.1 Å². The molecule has 0 aliphatic carbocycles. The third-order valence-electron chi connectivity index (χ3n) is 3.69. The van der Waals surface area contributed by atoms with Crippen LogP contribution < -0.4 is 5.32 Å². The van der Waals surface area contributed by atoms with E-state index in [1.54, 1.807) is 12.1 Å². The van der Waals surface area contributed by atoms with Gasteiger partial charge in [-0.05, 0) is 36.5 Å². The van der Waals surface area contributed by atoms with E-state index in [4.69, 9.17) is 5.11 Å². The smallest absolute Gasteiger partial charge is 0.303 e. The largest absolute Gasteiger partial charge is 0.481 e. The number of benzene rings is 1. The van der Waals surface area contributed by atoms with E-state index in [1.165, 1.54) is 12.1 Å². The zero-order valence-electron chi connectivity index (χ0n) is 12.9. The molecule has 0 amide bonds. The molecule has 3 nitrogen and oxygen atoms in total. The summed E-state index contributed by atoms with van der Waals surface area (Å²) < 4.78 is 12.8. The third-order valence-corrected chi connectivity index (χ3v) is 3.69. The molecule has 21 heavy (non-hydrogen) atoms.